The maximum Gasteiger partial charge on any atom is 0.259 e. The van der Waals surface area contributed by atoms with Crippen molar-refractivity contribution in [3.63, 3.8) is 0 Å². The minimum Gasteiger partial charge on any atom is -0.481 e. The van der Waals surface area contributed by atoms with Crippen LogP contribution in [0.15, 0.2) is 18.2 Å². The molecule has 0 fully saturated rings. The van der Waals surface area contributed by atoms with Crippen LogP contribution in [0.5, 0.6) is 5.75 Å². The van der Waals surface area contributed by atoms with Gasteiger partial charge in [-0.15, -0.1) is 0 Å². The summed E-state index contributed by atoms with van der Waals surface area (Å²) in [5, 5.41) is 3.11. The molecule has 5 heteroatoms. The van der Waals surface area contributed by atoms with E-state index in [1.165, 1.54) is 11.0 Å². The lowest BCUT2D eigenvalue weighted by Gasteiger charge is -2.12. The van der Waals surface area contributed by atoms with Crippen LogP contribution in [0.1, 0.15) is 12.5 Å². The van der Waals surface area contributed by atoms with Gasteiger partial charge in [0.2, 0.25) is 0 Å². The first kappa shape index (κ1) is 14.4. The Morgan fingerprint density at radius 1 is 1.44 bits per heavy atom. The molecule has 1 N–H and O–H groups in total. The molecule has 100 valence electrons. The number of carbonyl (C=O) groups is 1. The Bertz CT molecular complexity index is 408. The van der Waals surface area contributed by atoms with E-state index in [1.54, 1.807) is 26.2 Å². The topological polar surface area (TPSA) is 41.6 Å². The van der Waals surface area contributed by atoms with Gasteiger partial charge in [-0.05, 0) is 24.2 Å². The van der Waals surface area contributed by atoms with Crippen LogP contribution in [-0.2, 0) is 11.3 Å². The van der Waals surface area contributed by atoms with Crippen LogP contribution in [0, 0.1) is 5.82 Å². The van der Waals surface area contributed by atoms with Gasteiger partial charge in [0, 0.05) is 20.6 Å². The number of benzene rings is 1. The molecule has 0 spiro atoms. The minimum atomic E-state index is -0.447. The third-order valence-electron chi connectivity index (χ3n) is 2.43. The largest absolute Gasteiger partial charge is 0.481 e. The second kappa shape index (κ2) is 6.96. The summed E-state index contributed by atoms with van der Waals surface area (Å²) in [7, 11) is 3.25. The van der Waals surface area contributed by atoms with Crippen molar-refractivity contribution in [1.82, 2.24) is 10.2 Å². The lowest BCUT2D eigenvalue weighted by Crippen LogP contribution is -2.27. The van der Waals surface area contributed by atoms with Gasteiger partial charge in [0.1, 0.15) is 0 Å². The number of carbonyl (C=O) groups excluding carboxylic acids is 1. The standard InChI is InChI=1S/C13H19FN2O2/c1-4-15-8-10-5-6-12(11(14)7-10)18-9-13(17)16(2)3/h5-7,15H,4,8-9H2,1-3H3. The Kier molecular flexibility index (Phi) is 5.58. The summed E-state index contributed by atoms with van der Waals surface area (Å²) in [6.45, 7) is 3.28. The van der Waals surface area contributed by atoms with Crippen LogP contribution in [0.25, 0.3) is 0 Å². The molecule has 0 aliphatic heterocycles. The summed E-state index contributed by atoms with van der Waals surface area (Å²) in [6, 6.07) is 4.74. The average molecular weight is 254 g/mol. The summed E-state index contributed by atoms with van der Waals surface area (Å²) in [5.74, 6) is -0.548. The molecule has 0 bridgehead atoms. The van der Waals surface area contributed by atoms with E-state index >= 15 is 0 Å². The number of nitrogens with zero attached hydrogens (tertiary/aromatic N) is 1. The zero-order chi connectivity index (χ0) is 13.5. The fraction of sp³-hybridized carbons (Fsp3) is 0.462. The normalized spacial score (nSPS) is 10.2. The zero-order valence-corrected chi connectivity index (χ0v) is 11.0. The van der Waals surface area contributed by atoms with Crippen molar-refractivity contribution in [2.45, 2.75) is 13.5 Å². The van der Waals surface area contributed by atoms with Crippen molar-refractivity contribution in [3.05, 3.63) is 29.6 Å². The van der Waals surface area contributed by atoms with Gasteiger partial charge in [-0.3, -0.25) is 4.79 Å². The van der Waals surface area contributed by atoms with Crippen molar-refractivity contribution in [3.8, 4) is 5.75 Å². The highest BCUT2D eigenvalue weighted by atomic mass is 19.1. The molecule has 1 rings (SSSR count). The third kappa shape index (κ3) is 4.33. The second-order valence-corrected chi connectivity index (χ2v) is 4.12. The first-order valence-electron chi connectivity index (χ1n) is 5.86. The maximum absolute atomic E-state index is 13.7. The lowest BCUT2D eigenvalue weighted by molar-refractivity contribution is -0.130. The van der Waals surface area contributed by atoms with Gasteiger partial charge in [-0.2, -0.15) is 0 Å². The van der Waals surface area contributed by atoms with E-state index in [2.05, 4.69) is 5.32 Å². The van der Waals surface area contributed by atoms with Crippen LogP contribution >= 0.6 is 0 Å². The number of hydrogen-bond acceptors (Lipinski definition) is 3. The van der Waals surface area contributed by atoms with Crippen LogP contribution in [0.3, 0.4) is 0 Å². The molecule has 1 aromatic rings. The molecule has 0 atom stereocenters. The Hall–Kier alpha value is -1.62. The first-order valence-corrected chi connectivity index (χ1v) is 5.86. The molecule has 0 radical (unpaired) electrons. The maximum atomic E-state index is 13.7. The van der Waals surface area contributed by atoms with E-state index in [1.807, 2.05) is 6.92 Å². The van der Waals surface area contributed by atoms with Crippen LogP contribution < -0.4 is 10.1 Å². The number of rotatable bonds is 6. The summed E-state index contributed by atoms with van der Waals surface area (Å²) in [6.07, 6.45) is 0. The van der Waals surface area contributed by atoms with Crippen LogP contribution in [0.2, 0.25) is 0 Å². The number of halogens is 1. The number of nitrogens with one attached hydrogen (secondary N) is 1. The molecule has 0 aliphatic carbocycles. The first-order chi connectivity index (χ1) is 8.54. The molecule has 0 saturated carbocycles. The van der Waals surface area contributed by atoms with E-state index in [0.717, 1.165) is 12.1 Å². The highest BCUT2D eigenvalue weighted by Gasteiger charge is 2.08. The summed E-state index contributed by atoms with van der Waals surface area (Å²) < 4.78 is 18.8. The Balaban J connectivity index is 2.59. The molecule has 0 saturated heterocycles. The summed E-state index contributed by atoms with van der Waals surface area (Å²) in [4.78, 5) is 12.7. The van der Waals surface area contributed by atoms with Crippen molar-refractivity contribution in [2.75, 3.05) is 27.2 Å². The van der Waals surface area contributed by atoms with Gasteiger partial charge in [0.05, 0.1) is 0 Å². The molecule has 1 amide bonds. The molecular weight excluding hydrogens is 235 g/mol. The molecule has 0 aliphatic rings. The molecule has 0 unspecified atom stereocenters. The van der Waals surface area contributed by atoms with Gasteiger partial charge < -0.3 is 15.0 Å². The monoisotopic (exact) mass is 254 g/mol. The number of amides is 1. The fourth-order valence-electron chi connectivity index (χ4n) is 1.31. The van der Waals surface area contributed by atoms with E-state index in [9.17, 15) is 9.18 Å². The predicted molar refractivity (Wildman–Crippen MR) is 68.0 cm³/mol. The Morgan fingerprint density at radius 2 is 2.17 bits per heavy atom. The van der Waals surface area contributed by atoms with Gasteiger partial charge in [-0.25, -0.2) is 4.39 Å². The second-order valence-electron chi connectivity index (χ2n) is 4.12. The number of ether oxygens (including phenoxy) is 1. The van der Waals surface area contributed by atoms with Crippen molar-refractivity contribution in [1.29, 1.82) is 0 Å². The smallest absolute Gasteiger partial charge is 0.259 e. The van der Waals surface area contributed by atoms with E-state index < -0.39 is 5.82 Å². The Morgan fingerprint density at radius 3 is 2.72 bits per heavy atom. The molecule has 1 aromatic carbocycles. The average Bonchev–Trinajstić information content (AvgIpc) is 2.34. The highest BCUT2D eigenvalue weighted by Crippen LogP contribution is 2.18. The van der Waals surface area contributed by atoms with Crippen LogP contribution in [0.4, 0.5) is 4.39 Å². The van der Waals surface area contributed by atoms with Crippen LogP contribution in [-0.4, -0.2) is 38.1 Å². The Labute approximate surface area is 107 Å². The molecule has 0 heterocycles. The minimum absolute atomic E-state index is 0.102. The van der Waals surface area contributed by atoms with Gasteiger partial charge in [0.15, 0.2) is 18.2 Å². The summed E-state index contributed by atoms with van der Waals surface area (Å²) in [5.41, 5.74) is 0.848. The van der Waals surface area contributed by atoms with Crippen molar-refractivity contribution in [2.24, 2.45) is 0 Å². The SMILES string of the molecule is CCNCc1ccc(OCC(=O)N(C)C)c(F)c1. The van der Waals surface area contributed by atoms with E-state index in [4.69, 9.17) is 4.74 Å². The predicted octanol–water partition coefficient (Wildman–Crippen LogP) is 1.40. The molecule has 18 heavy (non-hydrogen) atoms. The highest BCUT2D eigenvalue weighted by molar-refractivity contribution is 5.77. The summed E-state index contributed by atoms with van der Waals surface area (Å²) >= 11 is 0. The third-order valence-corrected chi connectivity index (χ3v) is 2.43. The van der Waals surface area contributed by atoms with E-state index in [0.29, 0.717) is 6.54 Å². The molecule has 4 nitrogen and oxygen atoms in total. The molecule has 0 aromatic heterocycles. The van der Waals surface area contributed by atoms with Crippen molar-refractivity contribution < 1.29 is 13.9 Å². The van der Waals surface area contributed by atoms with Gasteiger partial charge in [-0.1, -0.05) is 13.0 Å². The molecular formula is C13H19FN2O2. The van der Waals surface area contributed by atoms with Gasteiger partial charge >= 0.3 is 0 Å². The van der Waals surface area contributed by atoms with E-state index in [-0.39, 0.29) is 18.3 Å². The van der Waals surface area contributed by atoms with Crippen molar-refractivity contribution >= 4 is 5.91 Å². The lowest BCUT2D eigenvalue weighted by atomic mass is 10.2. The fourth-order valence-corrected chi connectivity index (χ4v) is 1.31. The quantitative estimate of drug-likeness (QED) is 0.834. The number of likely N-dealkylation sites (N-methyl/N-ethyl adjacent to an activating group) is 1. The van der Waals surface area contributed by atoms with Gasteiger partial charge in [0.25, 0.3) is 5.91 Å². The zero-order valence-electron chi connectivity index (χ0n) is 11.0. The number of hydrogen-bond donors (Lipinski definition) is 1.